The molecule has 0 saturated heterocycles. The molecule has 4 heteroatoms. The molecule has 0 spiro atoms. The van der Waals surface area contributed by atoms with Gasteiger partial charge in [-0.3, -0.25) is 0 Å². The Balaban J connectivity index is 3.18. The zero-order valence-electron chi connectivity index (χ0n) is 10.7. The summed E-state index contributed by atoms with van der Waals surface area (Å²) < 4.78 is 5.49. The second kappa shape index (κ2) is 4.80. The summed E-state index contributed by atoms with van der Waals surface area (Å²) in [7, 11) is 3.59. The third-order valence-electron chi connectivity index (χ3n) is 2.91. The number of rotatable bonds is 4. The van der Waals surface area contributed by atoms with Crippen LogP contribution >= 0.6 is 0 Å². The fourth-order valence-electron chi connectivity index (χ4n) is 1.83. The molecule has 16 heavy (non-hydrogen) atoms. The number of nitrogens with zero attached hydrogens (tertiary/aromatic N) is 1. The number of aryl methyl sites for hydroxylation is 1. The zero-order chi connectivity index (χ0) is 12.3. The summed E-state index contributed by atoms with van der Waals surface area (Å²) >= 11 is 0. The Morgan fingerprint density at radius 3 is 2.62 bits per heavy atom. The number of pyridine rings is 1. The van der Waals surface area contributed by atoms with E-state index < -0.39 is 0 Å². The third-order valence-corrected chi connectivity index (χ3v) is 2.91. The Hall–Kier alpha value is -1.13. The van der Waals surface area contributed by atoms with Crippen molar-refractivity contribution in [2.45, 2.75) is 32.4 Å². The van der Waals surface area contributed by atoms with E-state index >= 15 is 0 Å². The number of aromatic nitrogens is 1. The van der Waals surface area contributed by atoms with Crippen LogP contribution in [0, 0.1) is 6.92 Å². The molecule has 0 aliphatic heterocycles. The summed E-state index contributed by atoms with van der Waals surface area (Å²) in [5.41, 5.74) is 7.65. The molecule has 0 radical (unpaired) electrons. The highest BCUT2D eigenvalue weighted by Gasteiger charge is 2.31. The molecule has 90 valence electrons. The predicted octanol–water partition coefficient (Wildman–Crippen LogP) is 1.66. The molecule has 1 heterocycles. The normalized spacial score (nSPS) is 13.8. The Morgan fingerprint density at radius 2 is 2.12 bits per heavy atom. The molecule has 0 saturated carbocycles. The van der Waals surface area contributed by atoms with Crippen LogP contribution in [0.4, 0.5) is 5.82 Å². The number of nitrogens with two attached hydrogens (primary N) is 1. The lowest BCUT2D eigenvalue weighted by Gasteiger charge is -2.33. The molecule has 1 aromatic heterocycles. The van der Waals surface area contributed by atoms with Gasteiger partial charge in [-0.05, 0) is 39.4 Å². The van der Waals surface area contributed by atoms with Crippen LogP contribution in [0.3, 0.4) is 0 Å². The lowest BCUT2D eigenvalue weighted by Crippen LogP contribution is -2.39. The molecule has 3 N–H and O–H groups in total. The Kier molecular flexibility index (Phi) is 3.88. The zero-order valence-corrected chi connectivity index (χ0v) is 10.7. The summed E-state index contributed by atoms with van der Waals surface area (Å²) in [6.07, 6.45) is 1.77. The average molecular weight is 223 g/mol. The van der Waals surface area contributed by atoms with Crippen LogP contribution in [0.2, 0.25) is 0 Å². The van der Waals surface area contributed by atoms with Gasteiger partial charge in [0.15, 0.2) is 0 Å². The fraction of sp³-hybridized carbons (Fsp3) is 0.583. The van der Waals surface area contributed by atoms with Crippen molar-refractivity contribution in [1.29, 1.82) is 0 Å². The van der Waals surface area contributed by atoms with E-state index in [-0.39, 0.29) is 11.6 Å². The van der Waals surface area contributed by atoms with Gasteiger partial charge in [0.1, 0.15) is 5.82 Å². The standard InChI is InChI=1S/C12H21N3O/c1-8-6-9(11(13)15-7-8)10(14-4)12(2,3)16-5/h6-7,10,14H,1-5H3,(H2,13,15). The van der Waals surface area contributed by atoms with E-state index in [0.717, 1.165) is 11.1 Å². The quantitative estimate of drug-likeness (QED) is 0.815. The minimum absolute atomic E-state index is 0.0184. The van der Waals surface area contributed by atoms with Crippen molar-refractivity contribution in [3.05, 3.63) is 23.4 Å². The van der Waals surface area contributed by atoms with Gasteiger partial charge in [-0.1, -0.05) is 0 Å². The first-order valence-corrected chi connectivity index (χ1v) is 5.36. The van der Waals surface area contributed by atoms with E-state index in [1.165, 1.54) is 0 Å². The molecule has 0 fully saturated rings. The molecule has 0 aromatic carbocycles. The van der Waals surface area contributed by atoms with E-state index in [9.17, 15) is 0 Å². The number of hydrogen-bond acceptors (Lipinski definition) is 4. The summed E-state index contributed by atoms with van der Waals surface area (Å²) in [5.74, 6) is 0.551. The van der Waals surface area contributed by atoms with Gasteiger partial charge in [0, 0.05) is 18.9 Å². The van der Waals surface area contributed by atoms with Crippen LogP contribution in [0.15, 0.2) is 12.3 Å². The van der Waals surface area contributed by atoms with Crippen molar-refractivity contribution in [3.8, 4) is 0 Å². The second-order valence-electron chi connectivity index (χ2n) is 4.52. The van der Waals surface area contributed by atoms with E-state index in [1.807, 2.05) is 33.9 Å². The first kappa shape index (κ1) is 12.9. The molecule has 0 aliphatic carbocycles. The average Bonchev–Trinajstić information content (AvgIpc) is 2.24. The number of ether oxygens (including phenoxy) is 1. The van der Waals surface area contributed by atoms with E-state index in [4.69, 9.17) is 10.5 Å². The Morgan fingerprint density at radius 1 is 1.50 bits per heavy atom. The van der Waals surface area contributed by atoms with Gasteiger partial charge >= 0.3 is 0 Å². The van der Waals surface area contributed by atoms with Gasteiger partial charge in [0.25, 0.3) is 0 Å². The summed E-state index contributed by atoms with van der Waals surface area (Å²) in [6, 6.07) is 2.06. The highest BCUT2D eigenvalue weighted by atomic mass is 16.5. The van der Waals surface area contributed by atoms with Gasteiger partial charge in [0.2, 0.25) is 0 Å². The maximum absolute atomic E-state index is 5.91. The van der Waals surface area contributed by atoms with Crippen molar-refractivity contribution in [1.82, 2.24) is 10.3 Å². The van der Waals surface area contributed by atoms with Gasteiger partial charge in [-0.15, -0.1) is 0 Å². The van der Waals surface area contributed by atoms with Gasteiger partial charge in [-0.2, -0.15) is 0 Å². The minimum atomic E-state index is -0.335. The van der Waals surface area contributed by atoms with Crippen LogP contribution in [-0.4, -0.2) is 24.7 Å². The minimum Gasteiger partial charge on any atom is -0.383 e. The van der Waals surface area contributed by atoms with E-state index in [2.05, 4.69) is 10.3 Å². The number of hydrogen-bond donors (Lipinski definition) is 2. The van der Waals surface area contributed by atoms with E-state index in [0.29, 0.717) is 5.82 Å². The molecule has 1 atom stereocenters. The van der Waals surface area contributed by atoms with Gasteiger partial charge in [-0.25, -0.2) is 4.98 Å². The lowest BCUT2D eigenvalue weighted by atomic mass is 9.91. The number of likely N-dealkylation sites (N-methyl/N-ethyl adjacent to an activating group) is 1. The molecule has 1 rings (SSSR count). The van der Waals surface area contributed by atoms with Gasteiger partial charge in [0.05, 0.1) is 11.6 Å². The van der Waals surface area contributed by atoms with Crippen molar-refractivity contribution >= 4 is 5.82 Å². The first-order chi connectivity index (χ1) is 7.42. The fourth-order valence-corrected chi connectivity index (χ4v) is 1.83. The largest absolute Gasteiger partial charge is 0.383 e. The van der Waals surface area contributed by atoms with Crippen LogP contribution in [0.5, 0.6) is 0 Å². The molecule has 4 nitrogen and oxygen atoms in total. The van der Waals surface area contributed by atoms with Crippen LogP contribution in [0.1, 0.15) is 31.0 Å². The second-order valence-corrected chi connectivity index (χ2v) is 4.52. The van der Waals surface area contributed by atoms with Crippen molar-refractivity contribution in [2.75, 3.05) is 19.9 Å². The topological polar surface area (TPSA) is 60.2 Å². The number of nitrogens with one attached hydrogen (secondary N) is 1. The number of anilines is 1. The maximum Gasteiger partial charge on any atom is 0.128 e. The SMILES string of the molecule is CNC(c1cc(C)cnc1N)C(C)(C)OC. The van der Waals surface area contributed by atoms with Crippen LogP contribution < -0.4 is 11.1 Å². The molecule has 0 amide bonds. The molecule has 1 unspecified atom stereocenters. The molecular weight excluding hydrogens is 202 g/mol. The lowest BCUT2D eigenvalue weighted by molar-refractivity contribution is -0.00887. The van der Waals surface area contributed by atoms with Crippen molar-refractivity contribution < 1.29 is 4.74 Å². The summed E-state index contributed by atoms with van der Waals surface area (Å²) in [5, 5.41) is 3.23. The molecule has 0 aliphatic rings. The number of methoxy groups -OCH3 is 1. The Bertz CT molecular complexity index is 363. The van der Waals surface area contributed by atoms with E-state index in [1.54, 1.807) is 13.3 Å². The smallest absolute Gasteiger partial charge is 0.128 e. The highest BCUT2D eigenvalue weighted by Crippen LogP contribution is 2.31. The summed E-state index contributed by atoms with van der Waals surface area (Å²) in [4.78, 5) is 4.18. The monoisotopic (exact) mass is 223 g/mol. The Labute approximate surface area is 97.2 Å². The molecule has 0 bridgehead atoms. The van der Waals surface area contributed by atoms with Crippen LogP contribution in [-0.2, 0) is 4.74 Å². The predicted molar refractivity (Wildman–Crippen MR) is 66.3 cm³/mol. The maximum atomic E-state index is 5.91. The molecular formula is C12H21N3O. The van der Waals surface area contributed by atoms with Crippen molar-refractivity contribution in [2.24, 2.45) is 0 Å². The van der Waals surface area contributed by atoms with Crippen LogP contribution in [0.25, 0.3) is 0 Å². The molecule has 1 aromatic rings. The van der Waals surface area contributed by atoms with Crippen molar-refractivity contribution in [3.63, 3.8) is 0 Å². The first-order valence-electron chi connectivity index (χ1n) is 5.36. The third kappa shape index (κ3) is 2.51. The number of nitrogen functional groups attached to an aromatic ring is 1. The highest BCUT2D eigenvalue weighted by molar-refractivity contribution is 5.44. The van der Waals surface area contributed by atoms with Gasteiger partial charge < -0.3 is 15.8 Å². The summed E-state index contributed by atoms with van der Waals surface area (Å²) in [6.45, 7) is 6.05.